The first-order valence-corrected chi connectivity index (χ1v) is 10.8. The predicted molar refractivity (Wildman–Crippen MR) is 115 cm³/mol. The summed E-state index contributed by atoms with van der Waals surface area (Å²) in [6.07, 6.45) is 1.32. The molecular formula is C23H28N2O2S. The largest absolute Gasteiger partial charge is 0.354 e. The minimum atomic E-state index is -0.554. The average Bonchev–Trinajstić information content (AvgIpc) is 2.73. The molecule has 1 heterocycles. The number of nitrogens with one attached hydrogen (secondary N) is 1. The van der Waals surface area contributed by atoms with Crippen molar-refractivity contribution in [3.05, 3.63) is 65.7 Å². The van der Waals surface area contributed by atoms with Crippen LogP contribution in [0.1, 0.15) is 30.9 Å². The molecule has 5 heteroatoms. The Morgan fingerprint density at radius 2 is 1.68 bits per heavy atom. The lowest BCUT2D eigenvalue weighted by Crippen LogP contribution is -2.52. The number of aryl methyl sites for hydroxylation is 1. The molecule has 0 radical (unpaired) electrons. The zero-order valence-electron chi connectivity index (χ0n) is 16.6. The molecule has 4 nitrogen and oxygen atoms in total. The smallest absolute Gasteiger partial charge is 0.230 e. The van der Waals surface area contributed by atoms with E-state index in [4.69, 9.17) is 0 Å². The van der Waals surface area contributed by atoms with Gasteiger partial charge in [-0.2, -0.15) is 0 Å². The van der Waals surface area contributed by atoms with E-state index in [-0.39, 0.29) is 11.8 Å². The summed E-state index contributed by atoms with van der Waals surface area (Å²) in [6, 6.07) is 18.4. The first-order chi connectivity index (χ1) is 13.5. The second kappa shape index (κ2) is 9.28. The van der Waals surface area contributed by atoms with Crippen LogP contribution in [0.4, 0.5) is 0 Å². The van der Waals surface area contributed by atoms with E-state index in [1.165, 1.54) is 10.5 Å². The Balaban J connectivity index is 1.62. The molecule has 1 saturated heterocycles. The maximum absolute atomic E-state index is 13.2. The van der Waals surface area contributed by atoms with E-state index >= 15 is 0 Å². The van der Waals surface area contributed by atoms with Gasteiger partial charge in [-0.05, 0) is 37.5 Å². The van der Waals surface area contributed by atoms with Crippen LogP contribution in [0.2, 0.25) is 0 Å². The zero-order chi connectivity index (χ0) is 20.0. The zero-order valence-corrected chi connectivity index (χ0v) is 17.4. The first kappa shape index (κ1) is 20.5. The number of thioether (sulfide) groups is 1. The van der Waals surface area contributed by atoms with Crippen LogP contribution in [0, 0.1) is 6.92 Å². The summed E-state index contributed by atoms with van der Waals surface area (Å²) in [5.41, 5.74) is 1.74. The van der Waals surface area contributed by atoms with E-state index in [0.717, 1.165) is 11.3 Å². The van der Waals surface area contributed by atoms with E-state index in [1.54, 1.807) is 18.7 Å². The number of carbonyl (C=O) groups is 2. The number of nitrogens with zero attached hydrogens (tertiary/aromatic N) is 1. The van der Waals surface area contributed by atoms with Crippen molar-refractivity contribution in [2.75, 3.05) is 25.4 Å². The van der Waals surface area contributed by atoms with Crippen molar-refractivity contribution >= 4 is 23.6 Å². The molecule has 28 heavy (non-hydrogen) atoms. The van der Waals surface area contributed by atoms with Crippen LogP contribution in [-0.4, -0.2) is 42.1 Å². The van der Waals surface area contributed by atoms with Crippen molar-refractivity contribution in [2.24, 2.45) is 0 Å². The van der Waals surface area contributed by atoms with Crippen LogP contribution in [0.5, 0.6) is 0 Å². The maximum atomic E-state index is 13.2. The number of amides is 2. The third-order valence-corrected chi connectivity index (χ3v) is 6.51. The highest BCUT2D eigenvalue weighted by atomic mass is 32.2. The Bertz CT molecular complexity index is 797. The van der Waals surface area contributed by atoms with Crippen LogP contribution in [0.3, 0.4) is 0 Å². The molecule has 1 aliphatic rings. The average molecular weight is 397 g/mol. The monoisotopic (exact) mass is 396 g/mol. The maximum Gasteiger partial charge on any atom is 0.230 e. The second-order valence-electron chi connectivity index (χ2n) is 7.37. The normalized spacial score (nSPS) is 15.9. The van der Waals surface area contributed by atoms with Gasteiger partial charge >= 0.3 is 0 Å². The minimum Gasteiger partial charge on any atom is -0.354 e. The van der Waals surface area contributed by atoms with Gasteiger partial charge in [0, 0.05) is 37.2 Å². The van der Waals surface area contributed by atoms with Crippen LogP contribution in [0.15, 0.2) is 59.5 Å². The number of likely N-dealkylation sites (tertiary alicyclic amines) is 1. The number of piperidine rings is 1. The molecule has 2 aromatic rings. The van der Waals surface area contributed by atoms with Gasteiger partial charge < -0.3 is 10.2 Å². The molecule has 148 valence electrons. The standard InChI is InChI=1S/C23H28N2O2S/c1-18-8-10-21(11-9-18)28-17-14-24-22(27)23(20-6-4-3-5-7-20)12-15-25(16-13-23)19(2)26/h3-11H,12-17H2,1-2H3,(H,24,27). The Morgan fingerprint density at radius 3 is 2.29 bits per heavy atom. The second-order valence-corrected chi connectivity index (χ2v) is 8.54. The third kappa shape index (κ3) is 4.76. The van der Waals surface area contributed by atoms with Crippen molar-refractivity contribution in [3.63, 3.8) is 0 Å². The fourth-order valence-corrected chi connectivity index (χ4v) is 4.51. The molecule has 0 aromatic heterocycles. The van der Waals surface area contributed by atoms with Crippen LogP contribution >= 0.6 is 11.8 Å². The van der Waals surface area contributed by atoms with E-state index in [2.05, 4.69) is 36.5 Å². The SMILES string of the molecule is CC(=O)N1CCC(C(=O)NCCSc2ccc(C)cc2)(c2ccccc2)CC1. The third-order valence-electron chi connectivity index (χ3n) is 5.50. The highest BCUT2D eigenvalue weighted by molar-refractivity contribution is 7.99. The summed E-state index contributed by atoms with van der Waals surface area (Å²) in [7, 11) is 0. The molecular weight excluding hydrogens is 368 g/mol. The lowest BCUT2D eigenvalue weighted by atomic mass is 9.72. The van der Waals surface area contributed by atoms with Gasteiger partial charge in [-0.3, -0.25) is 9.59 Å². The van der Waals surface area contributed by atoms with Gasteiger partial charge in [0.2, 0.25) is 11.8 Å². The molecule has 2 amide bonds. The van der Waals surface area contributed by atoms with Crippen molar-refractivity contribution < 1.29 is 9.59 Å². The summed E-state index contributed by atoms with van der Waals surface area (Å²) in [4.78, 5) is 28.0. The number of hydrogen-bond acceptors (Lipinski definition) is 3. The molecule has 1 N–H and O–H groups in total. The van der Waals surface area contributed by atoms with Gasteiger partial charge in [0.15, 0.2) is 0 Å². The summed E-state index contributed by atoms with van der Waals surface area (Å²) >= 11 is 1.75. The molecule has 0 unspecified atom stereocenters. The molecule has 2 aromatic carbocycles. The Kier molecular flexibility index (Phi) is 6.79. The first-order valence-electron chi connectivity index (χ1n) is 9.80. The van der Waals surface area contributed by atoms with E-state index in [9.17, 15) is 9.59 Å². The molecule has 1 fully saturated rings. The number of benzene rings is 2. The number of hydrogen-bond donors (Lipinski definition) is 1. The molecule has 0 bridgehead atoms. The summed E-state index contributed by atoms with van der Waals surface area (Å²) in [5, 5.41) is 3.15. The molecule has 0 saturated carbocycles. The van der Waals surface area contributed by atoms with Crippen molar-refractivity contribution in [1.29, 1.82) is 0 Å². The fourth-order valence-electron chi connectivity index (χ4n) is 3.74. The minimum absolute atomic E-state index is 0.0754. The van der Waals surface area contributed by atoms with Crippen molar-refractivity contribution in [3.8, 4) is 0 Å². The van der Waals surface area contributed by atoms with Crippen molar-refractivity contribution in [2.45, 2.75) is 37.0 Å². The van der Waals surface area contributed by atoms with E-state index < -0.39 is 5.41 Å². The lowest BCUT2D eigenvalue weighted by Gasteiger charge is -2.40. The highest BCUT2D eigenvalue weighted by Crippen LogP contribution is 2.36. The van der Waals surface area contributed by atoms with Gasteiger partial charge in [-0.15, -0.1) is 11.8 Å². The van der Waals surface area contributed by atoms with E-state index in [0.29, 0.717) is 32.5 Å². The summed E-state index contributed by atoms with van der Waals surface area (Å²) < 4.78 is 0. The lowest BCUT2D eigenvalue weighted by molar-refractivity contribution is -0.135. The van der Waals surface area contributed by atoms with Crippen molar-refractivity contribution in [1.82, 2.24) is 10.2 Å². The number of rotatable bonds is 6. The molecule has 1 aliphatic heterocycles. The van der Waals surface area contributed by atoms with E-state index in [1.807, 2.05) is 35.2 Å². The van der Waals surface area contributed by atoms with Crippen LogP contribution in [-0.2, 0) is 15.0 Å². The molecule has 0 spiro atoms. The fraction of sp³-hybridized carbons (Fsp3) is 0.391. The Labute approximate surface area is 171 Å². The van der Waals surface area contributed by atoms with Gasteiger partial charge in [-0.25, -0.2) is 0 Å². The summed E-state index contributed by atoms with van der Waals surface area (Å²) in [6.45, 7) is 5.54. The topological polar surface area (TPSA) is 49.4 Å². The van der Waals surface area contributed by atoms with Crippen LogP contribution < -0.4 is 5.32 Å². The van der Waals surface area contributed by atoms with Crippen LogP contribution in [0.25, 0.3) is 0 Å². The molecule has 0 atom stereocenters. The predicted octanol–water partition coefficient (Wildman–Crippen LogP) is 3.78. The Hall–Kier alpha value is -2.27. The highest BCUT2D eigenvalue weighted by Gasteiger charge is 2.43. The van der Waals surface area contributed by atoms with Gasteiger partial charge in [-0.1, -0.05) is 48.0 Å². The number of carbonyl (C=O) groups excluding carboxylic acids is 2. The molecule has 3 rings (SSSR count). The quantitative estimate of drug-likeness (QED) is 0.597. The Morgan fingerprint density at radius 1 is 1.04 bits per heavy atom. The van der Waals surface area contributed by atoms with Gasteiger partial charge in [0.1, 0.15) is 0 Å². The van der Waals surface area contributed by atoms with Gasteiger partial charge in [0.25, 0.3) is 0 Å². The summed E-state index contributed by atoms with van der Waals surface area (Å²) in [5.74, 6) is 0.988. The molecule has 0 aliphatic carbocycles. The van der Waals surface area contributed by atoms with Gasteiger partial charge in [0.05, 0.1) is 5.41 Å².